The van der Waals surface area contributed by atoms with E-state index in [-0.39, 0.29) is 5.56 Å². The number of likely N-dealkylation sites (tertiary alicyclic amines) is 1. The van der Waals surface area contributed by atoms with Gasteiger partial charge in [0.05, 0.1) is 0 Å². The summed E-state index contributed by atoms with van der Waals surface area (Å²) in [6, 6.07) is 5.29. The van der Waals surface area contributed by atoms with Crippen LogP contribution in [0.1, 0.15) is 32.6 Å². The molecule has 1 fully saturated rings. The number of piperidine rings is 1. The lowest BCUT2D eigenvalue weighted by Crippen LogP contribution is -2.46. The van der Waals surface area contributed by atoms with Crippen LogP contribution in [0.25, 0.3) is 0 Å². The summed E-state index contributed by atoms with van der Waals surface area (Å²) in [4.78, 5) is 18.3. The van der Waals surface area contributed by atoms with Crippen molar-refractivity contribution >= 4 is 5.96 Å². The van der Waals surface area contributed by atoms with E-state index in [9.17, 15) is 4.79 Å². The van der Waals surface area contributed by atoms with Crippen molar-refractivity contribution in [2.24, 2.45) is 10.9 Å². The Morgan fingerprint density at radius 2 is 2.27 bits per heavy atom. The van der Waals surface area contributed by atoms with E-state index in [2.05, 4.69) is 22.1 Å². The summed E-state index contributed by atoms with van der Waals surface area (Å²) < 4.78 is 1.77. The average Bonchev–Trinajstić information content (AvgIpc) is 2.52. The van der Waals surface area contributed by atoms with Crippen molar-refractivity contribution in [3.8, 4) is 0 Å². The van der Waals surface area contributed by atoms with Crippen LogP contribution in [0, 0.1) is 5.92 Å². The minimum absolute atomic E-state index is 0.0774. The molecular weight excluding hydrogens is 276 g/mol. The number of guanidine groups is 1. The Morgan fingerprint density at radius 3 is 3.00 bits per heavy atom. The molecule has 0 bridgehead atoms. The van der Waals surface area contributed by atoms with Gasteiger partial charge in [-0.15, -0.1) is 0 Å². The number of hydrogen-bond donors (Lipinski definition) is 1. The largest absolute Gasteiger partial charge is 0.356 e. The SMILES string of the molecule is CN=C(NCCCCn1ccccc1=O)N1CCCC(C)C1. The highest BCUT2D eigenvalue weighted by atomic mass is 16.1. The van der Waals surface area contributed by atoms with Crippen molar-refractivity contribution in [3.63, 3.8) is 0 Å². The predicted molar refractivity (Wildman–Crippen MR) is 91.3 cm³/mol. The Kier molecular flexibility index (Phi) is 6.49. The van der Waals surface area contributed by atoms with Crippen molar-refractivity contribution in [2.45, 2.75) is 39.2 Å². The molecule has 1 aliphatic rings. The van der Waals surface area contributed by atoms with Crippen molar-refractivity contribution in [1.29, 1.82) is 0 Å². The first-order valence-corrected chi connectivity index (χ1v) is 8.32. The van der Waals surface area contributed by atoms with Gasteiger partial charge in [-0.25, -0.2) is 0 Å². The lowest BCUT2D eigenvalue weighted by atomic mass is 10.0. The highest BCUT2D eigenvalue weighted by Gasteiger charge is 2.18. The summed E-state index contributed by atoms with van der Waals surface area (Å²) in [6.45, 7) is 6.18. The molecule has 1 N–H and O–H groups in total. The molecular formula is C17H28N4O. The maximum atomic E-state index is 11.6. The average molecular weight is 304 g/mol. The zero-order valence-corrected chi connectivity index (χ0v) is 13.8. The number of pyridine rings is 1. The van der Waals surface area contributed by atoms with Gasteiger partial charge in [-0.3, -0.25) is 9.79 Å². The van der Waals surface area contributed by atoms with Gasteiger partial charge in [0.15, 0.2) is 5.96 Å². The first-order chi connectivity index (χ1) is 10.7. The van der Waals surface area contributed by atoms with Crippen LogP contribution < -0.4 is 10.9 Å². The highest BCUT2D eigenvalue weighted by Crippen LogP contribution is 2.15. The molecule has 5 heteroatoms. The summed E-state index contributed by atoms with van der Waals surface area (Å²) in [5.41, 5.74) is 0.0774. The van der Waals surface area contributed by atoms with Crippen LogP contribution in [0.5, 0.6) is 0 Å². The molecule has 2 rings (SSSR count). The van der Waals surface area contributed by atoms with Gasteiger partial charge in [0.2, 0.25) is 5.56 Å². The molecule has 0 aliphatic carbocycles. The fourth-order valence-electron chi connectivity index (χ4n) is 2.97. The molecule has 0 amide bonds. The summed E-state index contributed by atoms with van der Waals surface area (Å²) in [5, 5.41) is 3.45. The van der Waals surface area contributed by atoms with Crippen LogP contribution in [-0.2, 0) is 6.54 Å². The first-order valence-electron chi connectivity index (χ1n) is 8.32. The van der Waals surface area contributed by atoms with E-state index in [4.69, 9.17) is 0 Å². The van der Waals surface area contributed by atoms with Gasteiger partial charge in [0.1, 0.15) is 0 Å². The molecule has 0 spiro atoms. The van der Waals surface area contributed by atoms with E-state index in [1.165, 1.54) is 12.8 Å². The Labute approximate surface area is 133 Å². The lowest BCUT2D eigenvalue weighted by molar-refractivity contribution is 0.266. The molecule has 0 aromatic carbocycles. The number of unbranched alkanes of at least 4 members (excludes halogenated alkanes) is 1. The second kappa shape index (κ2) is 8.61. The molecule has 1 saturated heterocycles. The molecule has 2 heterocycles. The van der Waals surface area contributed by atoms with E-state index in [1.807, 2.05) is 19.3 Å². The highest BCUT2D eigenvalue weighted by molar-refractivity contribution is 5.79. The molecule has 22 heavy (non-hydrogen) atoms. The smallest absolute Gasteiger partial charge is 0.250 e. The molecule has 5 nitrogen and oxygen atoms in total. The fourth-order valence-corrected chi connectivity index (χ4v) is 2.97. The van der Waals surface area contributed by atoms with Gasteiger partial charge in [0, 0.05) is 45.5 Å². The van der Waals surface area contributed by atoms with Crippen LogP contribution in [-0.4, -0.2) is 42.1 Å². The second-order valence-electron chi connectivity index (χ2n) is 6.11. The summed E-state index contributed by atoms with van der Waals surface area (Å²) >= 11 is 0. The number of aliphatic imine (C=N–C) groups is 1. The van der Waals surface area contributed by atoms with E-state index < -0.39 is 0 Å². The quantitative estimate of drug-likeness (QED) is 0.514. The van der Waals surface area contributed by atoms with Crippen molar-refractivity contribution in [1.82, 2.24) is 14.8 Å². The second-order valence-corrected chi connectivity index (χ2v) is 6.11. The fraction of sp³-hybridized carbons (Fsp3) is 0.647. The topological polar surface area (TPSA) is 49.6 Å². The van der Waals surface area contributed by atoms with Gasteiger partial charge >= 0.3 is 0 Å². The third-order valence-corrected chi connectivity index (χ3v) is 4.18. The van der Waals surface area contributed by atoms with Gasteiger partial charge in [-0.2, -0.15) is 0 Å². The van der Waals surface area contributed by atoms with Crippen molar-refractivity contribution < 1.29 is 0 Å². The lowest BCUT2D eigenvalue weighted by Gasteiger charge is -2.33. The third-order valence-electron chi connectivity index (χ3n) is 4.18. The van der Waals surface area contributed by atoms with Crippen LogP contribution in [0.2, 0.25) is 0 Å². The predicted octanol–water partition coefficient (Wildman–Crippen LogP) is 1.94. The van der Waals surface area contributed by atoms with Crippen LogP contribution in [0.4, 0.5) is 0 Å². The Balaban J connectivity index is 1.69. The van der Waals surface area contributed by atoms with E-state index in [0.29, 0.717) is 0 Å². The zero-order chi connectivity index (χ0) is 15.8. The monoisotopic (exact) mass is 304 g/mol. The van der Waals surface area contributed by atoms with Gasteiger partial charge < -0.3 is 14.8 Å². The first kappa shape index (κ1) is 16.6. The number of aryl methyl sites for hydroxylation is 1. The number of nitrogens with zero attached hydrogens (tertiary/aromatic N) is 3. The van der Waals surface area contributed by atoms with E-state index in [1.54, 1.807) is 16.7 Å². The number of rotatable bonds is 5. The standard InChI is InChI=1S/C17H28N4O/c1-15-8-7-13-21(14-15)17(18-2)19-10-4-6-12-20-11-5-3-9-16(20)22/h3,5,9,11,15H,4,6-8,10,12-14H2,1-2H3,(H,18,19). The molecule has 122 valence electrons. The summed E-state index contributed by atoms with van der Waals surface area (Å²) in [7, 11) is 1.85. The molecule has 0 saturated carbocycles. The molecule has 1 aromatic rings. The van der Waals surface area contributed by atoms with Crippen molar-refractivity contribution in [3.05, 3.63) is 34.7 Å². The Morgan fingerprint density at radius 1 is 1.41 bits per heavy atom. The summed E-state index contributed by atoms with van der Waals surface area (Å²) in [6.07, 6.45) is 6.44. The normalized spacial score (nSPS) is 19.3. The van der Waals surface area contributed by atoms with E-state index >= 15 is 0 Å². The van der Waals surface area contributed by atoms with Crippen LogP contribution in [0.15, 0.2) is 34.2 Å². The van der Waals surface area contributed by atoms with Gasteiger partial charge in [0.25, 0.3) is 0 Å². The van der Waals surface area contributed by atoms with Crippen molar-refractivity contribution in [2.75, 3.05) is 26.7 Å². The number of aromatic nitrogens is 1. The minimum Gasteiger partial charge on any atom is -0.356 e. The molecule has 1 atom stereocenters. The maximum absolute atomic E-state index is 11.6. The summed E-state index contributed by atoms with van der Waals surface area (Å²) in [5.74, 6) is 1.76. The van der Waals surface area contributed by atoms with E-state index in [0.717, 1.165) is 50.9 Å². The molecule has 1 unspecified atom stereocenters. The number of nitrogens with one attached hydrogen (secondary N) is 1. The number of hydrogen-bond acceptors (Lipinski definition) is 2. The molecule has 1 aliphatic heterocycles. The van der Waals surface area contributed by atoms with Crippen LogP contribution in [0.3, 0.4) is 0 Å². The van der Waals surface area contributed by atoms with Gasteiger partial charge in [-0.05, 0) is 37.7 Å². The Hall–Kier alpha value is -1.78. The minimum atomic E-state index is 0.0774. The van der Waals surface area contributed by atoms with Gasteiger partial charge in [-0.1, -0.05) is 13.0 Å². The van der Waals surface area contributed by atoms with Crippen LogP contribution >= 0.6 is 0 Å². The molecule has 0 radical (unpaired) electrons. The molecule has 1 aromatic heterocycles. The third kappa shape index (κ3) is 4.90. The zero-order valence-electron chi connectivity index (χ0n) is 13.8. The maximum Gasteiger partial charge on any atom is 0.250 e. The Bertz CT molecular complexity index is 537.